The Morgan fingerprint density at radius 3 is 1.07 bits per heavy atom. The molecule has 310 valence electrons. The van der Waals surface area contributed by atoms with Gasteiger partial charge in [0, 0.05) is 49.1 Å². The monoisotopic (exact) mass is 849 g/mol. The maximum Gasteiger partial charge on any atom is 0.0541 e. The Morgan fingerprint density at radius 2 is 0.582 bits per heavy atom. The van der Waals surface area contributed by atoms with Gasteiger partial charge in [-0.15, -0.1) is 0 Å². The van der Waals surface area contributed by atoms with Crippen molar-refractivity contribution >= 4 is 97.7 Å². The van der Waals surface area contributed by atoms with Gasteiger partial charge in [0.05, 0.1) is 38.8 Å². The molecule has 0 radical (unpaired) electrons. The molecule has 0 fully saturated rings. The smallest absolute Gasteiger partial charge is 0.0541 e. The fourth-order valence-electron chi connectivity index (χ4n) is 11.6. The molecule has 0 atom stereocenters. The molecule has 12 aromatic carbocycles. The fourth-order valence-corrected chi connectivity index (χ4v) is 11.6. The number of aromatic nitrogens is 3. The van der Waals surface area contributed by atoms with Crippen molar-refractivity contribution in [3.05, 3.63) is 237 Å². The highest BCUT2D eigenvalue weighted by Gasteiger charge is 2.20. The molecule has 3 aromatic heterocycles. The summed E-state index contributed by atoms with van der Waals surface area (Å²) in [7, 11) is 0. The number of para-hydroxylation sites is 4. The van der Waals surface area contributed by atoms with E-state index in [1.807, 2.05) is 0 Å². The van der Waals surface area contributed by atoms with Gasteiger partial charge >= 0.3 is 0 Å². The summed E-state index contributed by atoms with van der Waals surface area (Å²) in [6, 6.07) is 87.7. The summed E-state index contributed by atoms with van der Waals surface area (Å²) >= 11 is 0. The van der Waals surface area contributed by atoms with E-state index < -0.39 is 0 Å². The minimum Gasteiger partial charge on any atom is -0.309 e. The Balaban J connectivity index is 0.970. The summed E-state index contributed by atoms with van der Waals surface area (Å²) in [6.07, 6.45) is 0. The van der Waals surface area contributed by atoms with Crippen LogP contribution in [0.4, 0.5) is 0 Å². The Morgan fingerprint density at radius 1 is 0.209 bits per heavy atom. The first-order valence-corrected chi connectivity index (χ1v) is 23.2. The number of nitrogens with zero attached hydrogens (tertiary/aromatic N) is 3. The van der Waals surface area contributed by atoms with Gasteiger partial charge in [-0.3, -0.25) is 0 Å². The van der Waals surface area contributed by atoms with Gasteiger partial charge in [0.15, 0.2) is 0 Å². The average molecular weight is 850 g/mol. The Labute approximate surface area is 385 Å². The van der Waals surface area contributed by atoms with Crippen LogP contribution in [0.25, 0.3) is 137 Å². The summed E-state index contributed by atoms with van der Waals surface area (Å²) in [4.78, 5) is 0. The van der Waals surface area contributed by atoms with Crippen molar-refractivity contribution in [2.75, 3.05) is 0 Å². The van der Waals surface area contributed by atoms with Gasteiger partial charge in [0.2, 0.25) is 0 Å². The van der Waals surface area contributed by atoms with Crippen LogP contribution in [0.3, 0.4) is 0 Å². The van der Waals surface area contributed by atoms with Crippen molar-refractivity contribution in [3.63, 3.8) is 0 Å². The highest BCUT2D eigenvalue weighted by molar-refractivity contribution is 6.25. The number of benzene rings is 12. The van der Waals surface area contributed by atoms with Crippen LogP contribution in [0.5, 0.6) is 0 Å². The minimum absolute atomic E-state index is 1.17. The second kappa shape index (κ2) is 13.8. The average Bonchev–Trinajstić information content (AvgIpc) is 4.03. The predicted octanol–water partition coefficient (Wildman–Crippen LogP) is 17.2. The van der Waals surface area contributed by atoms with Crippen molar-refractivity contribution in [1.82, 2.24) is 13.7 Å². The van der Waals surface area contributed by atoms with Crippen LogP contribution >= 0.6 is 0 Å². The third kappa shape index (κ3) is 5.22. The van der Waals surface area contributed by atoms with Gasteiger partial charge in [-0.05, 0) is 140 Å². The van der Waals surface area contributed by atoms with Crippen molar-refractivity contribution in [2.45, 2.75) is 0 Å². The third-order valence-electron chi connectivity index (χ3n) is 14.6. The predicted molar refractivity (Wildman–Crippen MR) is 284 cm³/mol. The first kappa shape index (κ1) is 36.4. The van der Waals surface area contributed by atoms with Gasteiger partial charge in [0.25, 0.3) is 0 Å². The Kier molecular flexibility index (Phi) is 7.50. The zero-order valence-electron chi connectivity index (χ0n) is 36.4. The zero-order chi connectivity index (χ0) is 43.7. The van der Waals surface area contributed by atoms with Crippen molar-refractivity contribution in [1.29, 1.82) is 0 Å². The molecular weight excluding hydrogens is 811 g/mol. The van der Waals surface area contributed by atoms with Gasteiger partial charge in [-0.1, -0.05) is 146 Å². The fraction of sp³-hybridized carbons (Fsp3) is 0. The standard InChI is InChI=1S/C64H39N3/c1-3-14-47(15-4-1)65-56-20-9-7-18-49(56)52-36-43(26-32-59(52)65)45-28-34-61-54(38-45)55-39-46(44-27-33-60-53(37-44)50-19-8-10-21-57(50)66(60)48-16-5-2-6-17-48)29-35-62(55)67(61)58-31-25-42-23-22-40-12-11-13-41-24-30-51(58)64(42)63(40)41/h1-39H. The van der Waals surface area contributed by atoms with Crippen LogP contribution in [0, 0.1) is 0 Å². The number of hydrogen-bond donors (Lipinski definition) is 0. The largest absolute Gasteiger partial charge is 0.309 e. The Hall–Kier alpha value is -8.92. The van der Waals surface area contributed by atoms with Crippen LogP contribution in [-0.2, 0) is 0 Å². The van der Waals surface area contributed by atoms with Gasteiger partial charge in [-0.25, -0.2) is 0 Å². The molecule has 0 unspecified atom stereocenters. The van der Waals surface area contributed by atoms with E-state index >= 15 is 0 Å². The van der Waals surface area contributed by atoms with E-state index in [1.165, 1.54) is 137 Å². The second-order valence-corrected chi connectivity index (χ2v) is 18.1. The van der Waals surface area contributed by atoms with E-state index in [-0.39, 0.29) is 0 Å². The quantitative estimate of drug-likeness (QED) is 0.153. The molecule has 15 rings (SSSR count). The lowest BCUT2D eigenvalue weighted by molar-refractivity contribution is 1.18. The maximum absolute atomic E-state index is 2.51. The molecular formula is C64H39N3. The SMILES string of the molecule is c1ccc(-n2c3ccccc3c3cc(-c4ccc5c(c4)c4cc(-c6ccc7c(c6)c6ccccc6n7-c6ccccc6)ccc4n5-c4ccc5ccc6cccc7ccc4c5c67)ccc32)cc1. The molecule has 0 aliphatic heterocycles. The summed E-state index contributed by atoms with van der Waals surface area (Å²) < 4.78 is 7.29. The molecule has 0 saturated heterocycles. The summed E-state index contributed by atoms with van der Waals surface area (Å²) in [6.45, 7) is 0. The van der Waals surface area contributed by atoms with Crippen molar-refractivity contribution in [2.24, 2.45) is 0 Å². The van der Waals surface area contributed by atoms with E-state index in [9.17, 15) is 0 Å². The lowest BCUT2D eigenvalue weighted by atomic mass is 9.93. The summed E-state index contributed by atoms with van der Waals surface area (Å²) in [5.41, 5.74) is 15.5. The molecule has 15 aromatic rings. The normalized spacial score (nSPS) is 12.2. The molecule has 3 heterocycles. The van der Waals surface area contributed by atoms with Gasteiger partial charge in [-0.2, -0.15) is 0 Å². The van der Waals surface area contributed by atoms with E-state index in [1.54, 1.807) is 0 Å². The van der Waals surface area contributed by atoms with Crippen LogP contribution in [0.1, 0.15) is 0 Å². The van der Waals surface area contributed by atoms with Crippen molar-refractivity contribution < 1.29 is 0 Å². The number of hydrogen-bond acceptors (Lipinski definition) is 0. The van der Waals surface area contributed by atoms with Crippen LogP contribution in [0.2, 0.25) is 0 Å². The lowest BCUT2D eigenvalue weighted by Crippen LogP contribution is -1.96. The molecule has 0 amide bonds. The summed E-state index contributed by atoms with van der Waals surface area (Å²) in [5, 5.41) is 15.2. The molecule has 0 aliphatic rings. The van der Waals surface area contributed by atoms with Crippen LogP contribution in [-0.4, -0.2) is 13.7 Å². The van der Waals surface area contributed by atoms with Gasteiger partial charge < -0.3 is 13.7 Å². The van der Waals surface area contributed by atoms with Crippen molar-refractivity contribution in [3.8, 4) is 39.3 Å². The van der Waals surface area contributed by atoms with E-state index in [2.05, 4.69) is 250 Å². The molecule has 0 N–H and O–H groups in total. The Bertz CT molecular complexity index is 4260. The van der Waals surface area contributed by atoms with E-state index in [4.69, 9.17) is 0 Å². The highest BCUT2D eigenvalue weighted by Crippen LogP contribution is 2.44. The molecule has 3 nitrogen and oxygen atoms in total. The molecule has 3 heteroatoms. The molecule has 67 heavy (non-hydrogen) atoms. The lowest BCUT2D eigenvalue weighted by Gasteiger charge is -2.16. The van der Waals surface area contributed by atoms with Crippen LogP contribution < -0.4 is 0 Å². The topological polar surface area (TPSA) is 14.8 Å². The second-order valence-electron chi connectivity index (χ2n) is 18.1. The van der Waals surface area contributed by atoms with E-state index in [0.29, 0.717) is 0 Å². The first-order valence-electron chi connectivity index (χ1n) is 23.2. The molecule has 0 bridgehead atoms. The molecule has 0 spiro atoms. The molecule has 0 aliphatic carbocycles. The minimum atomic E-state index is 1.17. The van der Waals surface area contributed by atoms with Gasteiger partial charge in [0.1, 0.15) is 0 Å². The van der Waals surface area contributed by atoms with E-state index in [0.717, 1.165) is 0 Å². The summed E-state index contributed by atoms with van der Waals surface area (Å²) in [5.74, 6) is 0. The first-order chi connectivity index (χ1) is 33.2. The number of rotatable bonds is 5. The zero-order valence-corrected chi connectivity index (χ0v) is 36.4. The number of fused-ring (bicyclic) bond motifs is 9. The van der Waals surface area contributed by atoms with Crippen LogP contribution in [0.15, 0.2) is 237 Å². The highest BCUT2D eigenvalue weighted by atomic mass is 15.0. The molecule has 0 saturated carbocycles. The third-order valence-corrected chi connectivity index (χ3v) is 14.6. The maximum atomic E-state index is 2.51.